The molecule has 0 aliphatic heterocycles. The summed E-state index contributed by atoms with van der Waals surface area (Å²) in [4.78, 5) is 21.9. The second-order valence-corrected chi connectivity index (χ2v) is 4.61. The standard InChI is InChI=1S/C12H21NO3/c1-5-6-7-10(8-9-14)13-11(15)16-12(2,3)4/h5,9-10H,1,6-8H2,2-4H3,(H,13,15). The molecule has 0 rings (SSSR count). The van der Waals surface area contributed by atoms with Crippen molar-refractivity contribution in [3.8, 4) is 0 Å². The molecule has 0 fully saturated rings. The monoisotopic (exact) mass is 227 g/mol. The molecule has 0 aliphatic rings. The van der Waals surface area contributed by atoms with Crippen molar-refractivity contribution in [3.05, 3.63) is 12.7 Å². The number of aldehydes is 1. The predicted molar refractivity (Wildman–Crippen MR) is 63.3 cm³/mol. The molecule has 92 valence electrons. The molecule has 0 spiro atoms. The lowest BCUT2D eigenvalue weighted by Gasteiger charge is -2.22. The van der Waals surface area contributed by atoms with E-state index in [0.717, 1.165) is 12.7 Å². The molecule has 0 aromatic heterocycles. The van der Waals surface area contributed by atoms with Gasteiger partial charge in [0.05, 0.1) is 0 Å². The van der Waals surface area contributed by atoms with Gasteiger partial charge >= 0.3 is 6.09 Å². The number of hydrogen-bond donors (Lipinski definition) is 1. The Hall–Kier alpha value is -1.32. The minimum absolute atomic E-state index is 0.176. The van der Waals surface area contributed by atoms with Gasteiger partial charge in [-0.25, -0.2) is 4.79 Å². The van der Waals surface area contributed by atoms with Crippen molar-refractivity contribution in [2.75, 3.05) is 0 Å². The Morgan fingerprint density at radius 3 is 2.56 bits per heavy atom. The lowest BCUT2D eigenvalue weighted by atomic mass is 10.1. The number of carbonyl (C=O) groups is 2. The molecule has 4 heteroatoms. The molecule has 0 heterocycles. The summed E-state index contributed by atoms with van der Waals surface area (Å²) in [6, 6.07) is -0.176. The number of nitrogens with one attached hydrogen (secondary N) is 1. The second kappa shape index (κ2) is 7.04. The zero-order chi connectivity index (χ0) is 12.6. The lowest BCUT2D eigenvalue weighted by Crippen LogP contribution is -2.39. The van der Waals surface area contributed by atoms with Gasteiger partial charge in [-0.2, -0.15) is 0 Å². The van der Waals surface area contributed by atoms with Gasteiger partial charge in [0, 0.05) is 12.5 Å². The maximum absolute atomic E-state index is 11.4. The lowest BCUT2D eigenvalue weighted by molar-refractivity contribution is -0.108. The molecule has 1 unspecified atom stereocenters. The zero-order valence-corrected chi connectivity index (χ0v) is 10.3. The third kappa shape index (κ3) is 8.03. The third-order valence-corrected chi connectivity index (χ3v) is 1.82. The highest BCUT2D eigenvalue weighted by atomic mass is 16.6. The van der Waals surface area contributed by atoms with Crippen LogP contribution in [-0.4, -0.2) is 24.0 Å². The molecular weight excluding hydrogens is 206 g/mol. The van der Waals surface area contributed by atoms with E-state index in [4.69, 9.17) is 4.74 Å². The summed E-state index contributed by atoms with van der Waals surface area (Å²) in [5, 5.41) is 2.67. The number of alkyl carbamates (subject to hydrolysis) is 1. The summed E-state index contributed by atoms with van der Waals surface area (Å²) in [5.74, 6) is 0. The molecule has 0 aromatic carbocycles. The largest absolute Gasteiger partial charge is 0.444 e. The summed E-state index contributed by atoms with van der Waals surface area (Å²) < 4.78 is 5.10. The fourth-order valence-corrected chi connectivity index (χ4v) is 1.16. The predicted octanol–water partition coefficient (Wildman–Crippen LogP) is 2.43. The van der Waals surface area contributed by atoms with E-state index in [9.17, 15) is 9.59 Å². The first kappa shape index (κ1) is 14.7. The number of amides is 1. The third-order valence-electron chi connectivity index (χ3n) is 1.82. The quantitative estimate of drug-likeness (QED) is 0.560. The molecule has 0 aromatic rings. The van der Waals surface area contributed by atoms with E-state index < -0.39 is 11.7 Å². The molecule has 0 saturated heterocycles. The van der Waals surface area contributed by atoms with Crippen LogP contribution in [0.2, 0.25) is 0 Å². The summed E-state index contributed by atoms with van der Waals surface area (Å²) in [6.07, 6.45) is 3.83. The van der Waals surface area contributed by atoms with E-state index in [2.05, 4.69) is 11.9 Å². The van der Waals surface area contributed by atoms with Gasteiger partial charge in [-0.05, 0) is 33.6 Å². The Labute approximate surface area is 97.1 Å². The fraction of sp³-hybridized carbons (Fsp3) is 0.667. The van der Waals surface area contributed by atoms with Crippen molar-refractivity contribution in [2.45, 2.75) is 51.7 Å². The fourth-order valence-electron chi connectivity index (χ4n) is 1.16. The first-order valence-electron chi connectivity index (χ1n) is 5.43. The first-order chi connectivity index (χ1) is 7.39. The zero-order valence-electron chi connectivity index (χ0n) is 10.3. The van der Waals surface area contributed by atoms with E-state index in [1.807, 2.05) is 0 Å². The van der Waals surface area contributed by atoms with Gasteiger partial charge in [0.2, 0.25) is 0 Å². The van der Waals surface area contributed by atoms with E-state index >= 15 is 0 Å². The van der Waals surface area contributed by atoms with E-state index in [-0.39, 0.29) is 6.04 Å². The number of carbonyl (C=O) groups excluding carboxylic acids is 2. The summed E-state index contributed by atoms with van der Waals surface area (Å²) in [5.41, 5.74) is -0.520. The molecule has 0 bridgehead atoms. The van der Waals surface area contributed by atoms with Gasteiger partial charge in [-0.15, -0.1) is 6.58 Å². The van der Waals surface area contributed by atoms with Crippen LogP contribution in [-0.2, 0) is 9.53 Å². The molecule has 1 N–H and O–H groups in total. The molecule has 1 atom stereocenters. The summed E-state index contributed by atoms with van der Waals surface area (Å²) >= 11 is 0. The van der Waals surface area contributed by atoms with Crippen LogP contribution < -0.4 is 5.32 Å². The molecule has 1 amide bonds. The first-order valence-corrected chi connectivity index (χ1v) is 5.43. The van der Waals surface area contributed by atoms with Crippen LogP contribution in [0.3, 0.4) is 0 Å². The normalized spacial score (nSPS) is 12.7. The average molecular weight is 227 g/mol. The highest BCUT2D eigenvalue weighted by Crippen LogP contribution is 2.08. The van der Waals surface area contributed by atoms with Crippen molar-refractivity contribution in [1.82, 2.24) is 5.32 Å². The van der Waals surface area contributed by atoms with Crippen LogP contribution in [0.1, 0.15) is 40.0 Å². The van der Waals surface area contributed by atoms with Gasteiger partial charge in [0.15, 0.2) is 0 Å². The van der Waals surface area contributed by atoms with E-state index in [0.29, 0.717) is 12.8 Å². The maximum atomic E-state index is 11.4. The van der Waals surface area contributed by atoms with Crippen LogP contribution >= 0.6 is 0 Å². The van der Waals surface area contributed by atoms with Gasteiger partial charge in [0.25, 0.3) is 0 Å². The SMILES string of the molecule is C=CCCC(CC=O)NC(=O)OC(C)(C)C. The van der Waals surface area contributed by atoms with Crippen molar-refractivity contribution in [3.63, 3.8) is 0 Å². The molecule has 0 saturated carbocycles. The van der Waals surface area contributed by atoms with Gasteiger partial charge in [-0.1, -0.05) is 6.08 Å². The van der Waals surface area contributed by atoms with Gasteiger partial charge < -0.3 is 14.8 Å². The number of hydrogen-bond acceptors (Lipinski definition) is 3. The Kier molecular flexibility index (Phi) is 6.46. The van der Waals surface area contributed by atoms with Crippen molar-refractivity contribution < 1.29 is 14.3 Å². The molecule has 16 heavy (non-hydrogen) atoms. The number of ether oxygens (including phenoxy) is 1. The Bertz CT molecular complexity index is 243. The minimum atomic E-state index is -0.520. The van der Waals surface area contributed by atoms with Crippen LogP contribution in [0, 0.1) is 0 Å². The summed E-state index contributed by atoms with van der Waals surface area (Å²) in [7, 11) is 0. The number of allylic oxidation sites excluding steroid dienone is 1. The van der Waals surface area contributed by atoms with Crippen molar-refractivity contribution >= 4 is 12.4 Å². The van der Waals surface area contributed by atoms with E-state index in [1.165, 1.54) is 0 Å². The highest BCUT2D eigenvalue weighted by molar-refractivity contribution is 5.68. The van der Waals surface area contributed by atoms with Crippen LogP contribution in [0.4, 0.5) is 4.79 Å². The Morgan fingerprint density at radius 1 is 1.50 bits per heavy atom. The highest BCUT2D eigenvalue weighted by Gasteiger charge is 2.18. The van der Waals surface area contributed by atoms with Crippen molar-refractivity contribution in [1.29, 1.82) is 0 Å². The Morgan fingerprint density at radius 2 is 2.12 bits per heavy atom. The van der Waals surface area contributed by atoms with Crippen LogP contribution in [0.15, 0.2) is 12.7 Å². The molecule has 4 nitrogen and oxygen atoms in total. The van der Waals surface area contributed by atoms with E-state index in [1.54, 1.807) is 26.8 Å². The van der Waals surface area contributed by atoms with Crippen LogP contribution in [0.5, 0.6) is 0 Å². The maximum Gasteiger partial charge on any atom is 0.407 e. The molecule has 0 radical (unpaired) electrons. The topological polar surface area (TPSA) is 55.4 Å². The summed E-state index contributed by atoms with van der Waals surface area (Å²) in [6.45, 7) is 8.99. The second-order valence-electron chi connectivity index (χ2n) is 4.61. The van der Waals surface area contributed by atoms with Gasteiger partial charge in [-0.3, -0.25) is 0 Å². The number of rotatable bonds is 6. The Balaban J connectivity index is 4.11. The molecular formula is C12H21NO3. The smallest absolute Gasteiger partial charge is 0.407 e. The van der Waals surface area contributed by atoms with Gasteiger partial charge in [0.1, 0.15) is 11.9 Å². The minimum Gasteiger partial charge on any atom is -0.444 e. The molecule has 0 aliphatic carbocycles. The average Bonchev–Trinajstić information content (AvgIpc) is 2.11. The van der Waals surface area contributed by atoms with Crippen molar-refractivity contribution in [2.24, 2.45) is 0 Å². The van der Waals surface area contributed by atoms with Crippen LogP contribution in [0.25, 0.3) is 0 Å².